The molecule has 1 unspecified atom stereocenters. The second-order valence-corrected chi connectivity index (χ2v) is 5.83. The summed E-state index contributed by atoms with van der Waals surface area (Å²) in [5, 5.41) is 5.94. The van der Waals surface area contributed by atoms with E-state index < -0.39 is 0 Å². The number of aromatic nitrogens is 2. The molecule has 0 saturated carbocycles. The maximum atomic E-state index is 12.1. The average Bonchev–Trinajstić information content (AvgIpc) is 2.57. The molecule has 2 amide bonds. The van der Waals surface area contributed by atoms with Crippen LogP contribution in [0, 0.1) is 0 Å². The van der Waals surface area contributed by atoms with Gasteiger partial charge in [-0.25, -0.2) is 9.97 Å². The molecule has 1 aromatic rings. The van der Waals surface area contributed by atoms with Crippen LogP contribution < -0.4 is 10.6 Å². The summed E-state index contributed by atoms with van der Waals surface area (Å²) in [7, 11) is 0. The molecule has 0 spiro atoms. The number of amides is 2. The van der Waals surface area contributed by atoms with Crippen molar-refractivity contribution in [2.45, 2.75) is 37.8 Å². The van der Waals surface area contributed by atoms with Gasteiger partial charge in [0, 0.05) is 31.9 Å². The first-order chi connectivity index (χ1) is 10.7. The smallest absolute Gasteiger partial charge is 0.270 e. The minimum Gasteiger partial charge on any atom is -0.355 e. The monoisotopic (exact) mass is 303 g/mol. The SMILES string of the molecule is O=C(NC1CCN(C2CCCNC2=O)CC1)c1ccncn1. The zero-order valence-corrected chi connectivity index (χ0v) is 12.5. The minimum atomic E-state index is -0.156. The van der Waals surface area contributed by atoms with Gasteiger partial charge in [-0.2, -0.15) is 0 Å². The normalized spacial score (nSPS) is 23.8. The number of carbonyl (C=O) groups is 2. The molecule has 0 radical (unpaired) electrons. The van der Waals surface area contributed by atoms with Crippen molar-refractivity contribution in [3.05, 3.63) is 24.3 Å². The van der Waals surface area contributed by atoms with Crippen molar-refractivity contribution in [2.24, 2.45) is 0 Å². The molecule has 0 aliphatic carbocycles. The van der Waals surface area contributed by atoms with Crippen LogP contribution >= 0.6 is 0 Å². The lowest BCUT2D eigenvalue weighted by molar-refractivity contribution is -0.128. The first kappa shape index (κ1) is 14.9. The van der Waals surface area contributed by atoms with Crippen molar-refractivity contribution in [1.82, 2.24) is 25.5 Å². The molecule has 3 heterocycles. The van der Waals surface area contributed by atoms with E-state index >= 15 is 0 Å². The quantitative estimate of drug-likeness (QED) is 0.817. The van der Waals surface area contributed by atoms with Crippen molar-refractivity contribution < 1.29 is 9.59 Å². The predicted octanol–water partition coefficient (Wildman–Crippen LogP) is -0.0506. The molecule has 0 bridgehead atoms. The van der Waals surface area contributed by atoms with Gasteiger partial charge in [0.2, 0.25) is 5.91 Å². The average molecular weight is 303 g/mol. The highest BCUT2D eigenvalue weighted by Crippen LogP contribution is 2.18. The second-order valence-electron chi connectivity index (χ2n) is 5.83. The highest BCUT2D eigenvalue weighted by atomic mass is 16.2. The summed E-state index contributed by atoms with van der Waals surface area (Å²) in [5.41, 5.74) is 0.393. The van der Waals surface area contributed by atoms with Crippen LogP contribution in [0.1, 0.15) is 36.2 Å². The molecule has 0 aromatic carbocycles. The number of rotatable bonds is 3. The maximum absolute atomic E-state index is 12.1. The van der Waals surface area contributed by atoms with E-state index in [9.17, 15) is 9.59 Å². The summed E-state index contributed by atoms with van der Waals surface area (Å²) in [5.74, 6) is -0.00835. The van der Waals surface area contributed by atoms with Crippen LogP contribution in [0.25, 0.3) is 0 Å². The molecule has 2 saturated heterocycles. The van der Waals surface area contributed by atoms with Crippen LogP contribution in [0.2, 0.25) is 0 Å². The third-order valence-corrected chi connectivity index (χ3v) is 4.38. The van der Waals surface area contributed by atoms with E-state index in [0.29, 0.717) is 5.69 Å². The van der Waals surface area contributed by atoms with Crippen LogP contribution in [0.3, 0.4) is 0 Å². The number of piperidine rings is 2. The maximum Gasteiger partial charge on any atom is 0.270 e. The van der Waals surface area contributed by atoms with Gasteiger partial charge in [0.25, 0.3) is 5.91 Å². The van der Waals surface area contributed by atoms with Gasteiger partial charge >= 0.3 is 0 Å². The predicted molar refractivity (Wildman–Crippen MR) is 80.1 cm³/mol. The third-order valence-electron chi connectivity index (χ3n) is 4.38. The fraction of sp³-hybridized carbons (Fsp3) is 0.600. The highest BCUT2D eigenvalue weighted by molar-refractivity contribution is 5.92. The molecule has 2 fully saturated rings. The molecule has 1 aromatic heterocycles. The van der Waals surface area contributed by atoms with E-state index in [1.54, 1.807) is 12.3 Å². The van der Waals surface area contributed by atoms with E-state index in [2.05, 4.69) is 25.5 Å². The molecule has 2 aliphatic heterocycles. The summed E-state index contributed by atoms with van der Waals surface area (Å²) in [6.07, 6.45) is 6.64. The van der Waals surface area contributed by atoms with Crippen LogP contribution in [-0.4, -0.2) is 58.4 Å². The molecule has 1 atom stereocenters. The fourth-order valence-electron chi connectivity index (χ4n) is 3.14. The van der Waals surface area contributed by atoms with Crippen molar-refractivity contribution in [2.75, 3.05) is 19.6 Å². The Morgan fingerprint density at radius 1 is 1.32 bits per heavy atom. The van der Waals surface area contributed by atoms with E-state index in [-0.39, 0.29) is 23.9 Å². The number of hydrogen-bond donors (Lipinski definition) is 2. The Labute approximate surface area is 129 Å². The van der Waals surface area contributed by atoms with Gasteiger partial charge in [0.15, 0.2) is 0 Å². The minimum absolute atomic E-state index is 0.00673. The van der Waals surface area contributed by atoms with Crippen molar-refractivity contribution in [3.63, 3.8) is 0 Å². The number of likely N-dealkylation sites (tertiary alicyclic amines) is 1. The zero-order valence-electron chi connectivity index (χ0n) is 12.5. The summed E-state index contributed by atoms with van der Waals surface area (Å²) >= 11 is 0. The molecule has 2 N–H and O–H groups in total. The summed E-state index contributed by atoms with van der Waals surface area (Å²) in [4.78, 5) is 34.0. The van der Waals surface area contributed by atoms with Gasteiger partial charge in [-0.15, -0.1) is 0 Å². The van der Waals surface area contributed by atoms with Crippen LogP contribution in [0.4, 0.5) is 0 Å². The van der Waals surface area contributed by atoms with Gasteiger partial charge in [-0.05, 0) is 31.7 Å². The van der Waals surface area contributed by atoms with Crippen LogP contribution in [0.5, 0.6) is 0 Å². The van der Waals surface area contributed by atoms with Crippen molar-refractivity contribution in [3.8, 4) is 0 Å². The molecule has 118 valence electrons. The highest BCUT2D eigenvalue weighted by Gasteiger charge is 2.31. The zero-order chi connectivity index (χ0) is 15.4. The number of carbonyl (C=O) groups excluding carboxylic acids is 2. The van der Waals surface area contributed by atoms with Gasteiger partial charge in [0.05, 0.1) is 6.04 Å². The Hall–Kier alpha value is -2.02. The Morgan fingerprint density at radius 2 is 2.14 bits per heavy atom. The fourth-order valence-corrected chi connectivity index (χ4v) is 3.14. The van der Waals surface area contributed by atoms with Gasteiger partial charge < -0.3 is 10.6 Å². The van der Waals surface area contributed by atoms with Crippen LogP contribution in [-0.2, 0) is 4.79 Å². The van der Waals surface area contributed by atoms with Crippen LogP contribution in [0.15, 0.2) is 18.6 Å². The number of nitrogens with one attached hydrogen (secondary N) is 2. The van der Waals surface area contributed by atoms with E-state index in [1.165, 1.54) is 6.33 Å². The first-order valence-corrected chi connectivity index (χ1v) is 7.82. The molecule has 2 aliphatic rings. The van der Waals surface area contributed by atoms with Crippen molar-refractivity contribution in [1.29, 1.82) is 0 Å². The van der Waals surface area contributed by atoms with Crippen molar-refractivity contribution >= 4 is 11.8 Å². The third kappa shape index (κ3) is 3.41. The Morgan fingerprint density at radius 3 is 2.82 bits per heavy atom. The first-order valence-electron chi connectivity index (χ1n) is 7.82. The Bertz CT molecular complexity index is 528. The van der Waals surface area contributed by atoms with Gasteiger partial charge in [0.1, 0.15) is 12.0 Å². The molecule has 3 rings (SSSR count). The van der Waals surface area contributed by atoms with E-state index in [0.717, 1.165) is 45.3 Å². The summed E-state index contributed by atoms with van der Waals surface area (Å²) in [6.45, 7) is 2.47. The lowest BCUT2D eigenvalue weighted by atomic mass is 9.99. The topological polar surface area (TPSA) is 87.2 Å². The summed E-state index contributed by atoms with van der Waals surface area (Å²) in [6, 6.07) is 1.76. The summed E-state index contributed by atoms with van der Waals surface area (Å²) < 4.78 is 0. The second kappa shape index (κ2) is 6.83. The largest absolute Gasteiger partial charge is 0.355 e. The molecular formula is C15H21N5O2. The lowest BCUT2D eigenvalue weighted by Crippen LogP contribution is -2.54. The number of nitrogens with zero attached hydrogens (tertiary/aromatic N) is 3. The number of hydrogen-bond acceptors (Lipinski definition) is 5. The molecule has 22 heavy (non-hydrogen) atoms. The van der Waals surface area contributed by atoms with Gasteiger partial charge in [-0.1, -0.05) is 0 Å². The Balaban J connectivity index is 1.49. The molecule has 7 heteroatoms. The standard InChI is InChI=1S/C15H21N5O2/c21-14(12-3-7-16-10-18-12)19-11-4-8-20(9-5-11)13-2-1-6-17-15(13)22/h3,7,10-11,13H,1-2,4-6,8-9H2,(H,17,22)(H,19,21). The van der Waals surface area contributed by atoms with E-state index in [1.807, 2.05) is 0 Å². The molecule has 7 nitrogen and oxygen atoms in total. The molecular weight excluding hydrogens is 282 g/mol. The van der Waals surface area contributed by atoms with Gasteiger partial charge in [-0.3, -0.25) is 14.5 Å². The van der Waals surface area contributed by atoms with E-state index in [4.69, 9.17) is 0 Å². The Kier molecular flexibility index (Phi) is 4.62. The lowest BCUT2D eigenvalue weighted by Gasteiger charge is -2.38.